The number of nitrogens with zero attached hydrogens (tertiary/aromatic N) is 6. The quantitative estimate of drug-likeness (QED) is 0.482. The van der Waals surface area contributed by atoms with Gasteiger partial charge in [-0.2, -0.15) is 0 Å². The lowest BCUT2D eigenvalue weighted by Crippen LogP contribution is -2.38. The molecule has 3 aromatic heterocycles. The molecule has 0 unspecified atom stereocenters. The lowest BCUT2D eigenvalue weighted by Gasteiger charge is -2.33. The molecule has 0 N–H and O–H groups in total. The SMILES string of the molecule is CN(C)c1nc2ccccc2cc1CN1CCO[C@@H](c2cccc(-c3cncnc3)n2)C1. The van der Waals surface area contributed by atoms with Crippen LogP contribution in [0, 0.1) is 0 Å². The Morgan fingerprint density at radius 2 is 1.88 bits per heavy atom. The number of fused-ring (bicyclic) bond motifs is 1. The van der Waals surface area contributed by atoms with Crippen molar-refractivity contribution in [2.45, 2.75) is 12.6 Å². The Morgan fingerprint density at radius 3 is 2.72 bits per heavy atom. The van der Waals surface area contributed by atoms with Crippen LogP contribution < -0.4 is 4.90 Å². The highest BCUT2D eigenvalue weighted by Gasteiger charge is 2.24. The monoisotopic (exact) mass is 426 g/mol. The third kappa shape index (κ3) is 4.30. The molecule has 0 amide bonds. The van der Waals surface area contributed by atoms with Crippen molar-refractivity contribution < 1.29 is 4.74 Å². The summed E-state index contributed by atoms with van der Waals surface area (Å²) in [6, 6.07) is 16.6. The van der Waals surface area contributed by atoms with Gasteiger partial charge in [-0.25, -0.2) is 19.9 Å². The van der Waals surface area contributed by atoms with Gasteiger partial charge in [-0.05, 0) is 24.3 Å². The molecule has 32 heavy (non-hydrogen) atoms. The van der Waals surface area contributed by atoms with Crippen LogP contribution in [0.2, 0.25) is 0 Å². The molecule has 7 heteroatoms. The van der Waals surface area contributed by atoms with Crippen LogP contribution in [0.5, 0.6) is 0 Å². The van der Waals surface area contributed by atoms with E-state index in [1.165, 1.54) is 11.9 Å². The molecule has 1 fully saturated rings. The number of hydrogen-bond donors (Lipinski definition) is 0. The fourth-order valence-corrected chi connectivity index (χ4v) is 4.14. The van der Waals surface area contributed by atoms with Crippen molar-refractivity contribution in [3.8, 4) is 11.3 Å². The van der Waals surface area contributed by atoms with E-state index in [0.29, 0.717) is 6.61 Å². The van der Waals surface area contributed by atoms with Crippen molar-refractivity contribution in [2.75, 3.05) is 38.7 Å². The van der Waals surface area contributed by atoms with E-state index < -0.39 is 0 Å². The van der Waals surface area contributed by atoms with Gasteiger partial charge in [-0.15, -0.1) is 0 Å². The molecule has 4 aromatic rings. The minimum absolute atomic E-state index is 0.0791. The van der Waals surface area contributed by atoms with Gasteiger partial charge in [-0.1, -0.05) is 24.3 Å². The molecule has 0 bridgehead atoms. The number of ether oxygens (including phenoxy) is 1. The van der Waals surface area contributed by atoms with Gasteiger partial charge < -0.3 is 9.64 Å². The molecule has 1 saturated heterocycles. The van der Waals surface area contributed by atoms with Crippen LogP contribution in [0.3, 0.4) is 0 Å². The Balaban J connectivity index is 1.38. The molecule has 1 atom stereocenters. The standard InChI is InChI=1S/C25H26N6O/c1-30(2)25-19(12-18-6-3-4-7-21(18)29-25)15-31-10-11-32-24(16-31)23-9-5-8-22(28-23)20-13-26-17-27-14-20/h3-9,12-14,17,24H,10-11,15-16H2,1-2H3/t24-/m1/s1. The largest absolute Gasteiger partial charge is 0.369 e. The molecule has 1 aliphatic rings. The molecule has 1 aliphatic heterocycles. The highest BCUT2D eigenvalue weighted by Crippen LogP contribution is 2.27. The van der Waals surface area contributed by atoms with E-state index in [2.05, 4.69) is 44.0 Å². The zero-order valence-electron chi connectivity index (χ0n) is 18.3. The van der Waals surface area contributed by atoms with Crippen LogP contribution in [0.4, 0.5) is 5.82 Å². The molecular weight excluding hydrogens is 400 g/mol. The van der Waals surface area contributed by atoms with E-state index in [1.807, 2.05) is 38.4 Å². The van der Waals surface area contributed by atoms with E-state index >= 15 is 0 Å². The van der Waals surface area contributed by atoms with Gasteiger partial charge in [0.25, 0.3) is 0 Å². The number of hydrogen-bond acceptors (Lipinski definition) is 7. The van der Waals surface area contributed by atoms with Crippen molar-refractivity contribution in [3.05, 3.63) is 78.5 Å². The minimum Gasteiger partial charge on any atom is -0.369 e. The molecule has 0 spiro atoms. The van der Waals surface area contributed by atoms with Crippen molar-refractivity contribution >= 4 is 16.7 Å². The van der Waals surface area contributed by atoms with Crippen LogP contribution in [0.15, 0.2) is 67.3 Å². The summed E-state index contributed by atoms with van der Waals surface area (Å²) in [6.07, 6.45) is 5.01. The first-order valence-corrected chi connectivity index (χ1v) is 10.8. The second-order valence-electron chi connectivity index (χ2n) is 8.23. The number of benzene rings is 1. The van der Waals surface area contributed by atoms with Gasteiger partial charge in [0, 0.05) is 62.6 Å². The van der Waals surface area contributed by atoms with Crippen LogP contribution >= 0.6 is 0 Å². The Hall–Kier alpha value is -3.42. The van der Waals surface area contributed by atoms with Crippen molar-refractivity contribution in [1.82, 2.24) is 24.8 Å². The highest BCUT2D eigenvalue weighted by molar-refractivity contribution is 5.81. The number of morpholine rings is 1. The Labute approximate surface area is 187 Å². The number of para-hydroxylation sites is 1. The summed E-state index contributed by atoms with van der Waals surface area (Å²) in [7, 11) is 4.09. The Kier molecular flexibility index (Phi) is 5.75. The second-order valence-corrected chi connectivity index (χ2v) is 8.23. The summed E-state index contributed by atoms with van der Waals surface area (Å²) in [5.41, 5.74) is 4.93. The Bertz CT molecular complexity index is 1210. The van der Waals surface area contributed by atoms with Crippen LogP contribution in [0.25, 0.3) is 22.2 Å². The van der Waals surface area contributed by atoms with Crippen LogP contribution in [0.1, 0.15) is 17.4 Å². The van der Waals surface area contributed by atoms with Gasteiger partial charge in [0.2, 0.25) is 0 Å². The van der Waals surface area contributed by atoms with E-state index in [-0.39, 0.29) is 6.10 Å². The van der Waals surface area contributed by atoms with Crippen LogP contribution in [-0.4, -0.2) is 58.6 Å². The molecule has 4 heterocycles. The van der Waals surface area contributed by atoms with E-state index in [9.17, 15) is 0 Å². The molecule has 0 saturated carbocycles. The fourth-order valence-electron chi connectivity index (χ4n) is 4.14. The molecule has 0 aliphatic carbocycles. The summed E-state index contributed by atoms with van der Waals surface area (Å²) in [5.74, 6) is 1.01. The third-order valence-electron chi connectivity index (χ3n) is 5.71. The molecule has 7 nitrogen and oxygen atoms in total. The first-order chi connectivity index (χ1) is 15.7. The average molecular weight is 427 g/mol. The highest BCUT2D eigenvalue weighted by atomic mass is 16.5. The Morgan fingerprint density at radius 1 is 1.03 bits per heavy atom. The van der Waals surface area contributed by atoms with E-state index in [1.54, 1.807) is 12.4 Å². The van der Waals surface area contributed by atoms with Gasteiger partial charge in [0.05, 0.1) is 23.5 Å². The zero-order valence-corrected chi connectivity index (χ0v) is 18.3. The third-order valence-corrected chi connectivity index (χ3v) is 5.71. The van der Waals surface area contributed by atoms with Gasteiger partial charge >= 0.3 is 0 Å². The molecule has 5 rings (SSSR count). The topological polar surface area (TPSA) is 67.3 Å². The molecular formula is C25H26N6O. The first-order valence-electron chi connectivity index (χ1n) is 10.8. The van der Waals surface area contributed by atoms with E-state index in [0.717, 1.165) is 53.3 Å². The summed E-state index contributed by atoms with van der Waals surface area (Å²) < 4.78 is 6.11. The maximum absolute atomic E-state index is 6.11. The van der Waals surface area contributed by atoms with E-state index in [4.69, 9.17) is 14.7 Å². The van der Waals surface area contributed by atoms with Gasteiger partial charge in [-0.3, -0.25) is 4.90 Å². The summed E-state index contributed by atoms with van der Waals surface area (Å²) >= 11 is 0. The smallest absolute Gasteiger partial charge is 0.133 e. The summed E-state index contributed by atoms with van der Waals surface area (Å²) in [4.78, 5) is 22.5. The second kappa shape index (κ2) is 8.98. The first kappa shape index (κ1) is 20.5. The van der Waals surface area contributed by atoms with Crippen molar-refractivity contribution in [1.29, 1.82) is 0 Å². The van der Waals surface area contributed by atoms with Crippen LogP contribution in [-0.2, 0) is 11.3 Å². The number of rotatable bonds is 5. The normalized spacial score (nSPS) is 16.9. The average Bonchev–Trinajstić information content (AvgIpc) is 2.84. The van der Waals surface area contributed by atoms with Gasteiger partial charge in [0.15, 0.2) is 0 Å². The number of aromatic nitrogens is 4. The minimum atomic E-state index is -0.0791. The predicted molar refractivity (Wildman–Crippen MR) is 125 cm³/mol. The van der Waals surface area contributed by atoms with Crippen molar-refractivity contribution in [2.24, 2.45) is 0 Å². The molecule has 0 radical (unpaired) electrons. The maximum Gasteiger partial charge on any atom is 0.133 e. The summed E-state index contributed by atoms with van der Waals surface area (Å²) in [6.45, 7) is 3.14. The lowest BCUT2D eigenvalue weighted by molar-refractivity contribution is -0.0349. The predicted octanol–water partition coefficient (Wildman–Crippen LogP) is 3.73. The lowest BCUT2D eigenvalue weighted by atomic mass is 10.1. The molecule has 1 aromatic carbocycles. The summed E-state index contributed by atoms with van der Waals surface area (Å²) in [5, 5.41) is 1.16. The number of anilines is 1. The molecule has 162 valence electrons. The fraction of sp³-hybridized carbons (Fsp3) is 0.280. The van der Waals surface area contributed by atoms with Crippen molar-refractivity contribution in [3.63, 3.8) is 0 Å². The maximum atomic E-state index is 6.11. The zero-order chi connectivity index (χ0) is 21.9. The van der Waals surface area contributed by atoms with Gasteiger partial charge in [0.1, 0.15) is 18.2 Å². The number of pyridine rings is 2.